The third kappa shape index (κ3) is 1.38. The van der Waals surface area contributed by atoms with Crippen LogP contribution in [0.25, 0.3) is 5.65 Å². The van der Waals surface area contributed by atoms with Crippen molar-refractivity contribution in [2.45, 2.75) is 19.4 Å². The van der Waals surface area contributed by atoms with Gasteiger partial charge in [0.05, 0.1) is 23.0 Å². The molecule has 0 saturated heterocycles. The molecule has 2 aromatic rings. The molecule has 0 aliphatic carbocycles. The number of aliphatic hydroxyl groups excluding tert-OH is 1. The Kier molecular flexibility index (Phi) is 2.44. The van der Waals surface area contributed by atoms with Crippen LogP contribution in [0.5, 0.6) is 0 Å². The Bertz CT molecular complexity index is 452. The van der Waals surface area contributed by atoms with E-state index in [1.807, 2.05) is 23.6 Å². The average molecular weight is 211 g/mol. The Balaban J connectivity index is 2.63. The molecule has 0 spiro atoms. The topological polar surface area (TPSA) is 37.5 Å². The van der Waals surface area contributed by atoms with Crippen molar-refractivity contribution in [3.63, 3.8) is 0 Å². The molecule has 0 aliphatic rings. The lowest BCUT2D eigenvalue weighted by molar-refractivity contribution is 0.168. The Morgan fingerprint density at radius 1 is 1.64 bits per heavy atom. The molecule has 14 heavy (non-hydrogen) atoms. The fraction of sp³-hybridized carbons (Fsp3) is 0.300. The number of rotatable bonds is 2. The zero-order valence-corrected chi connectivity index (χ0v) is 8.57. The number of hydrogen-bond donors (Lipinski definition) is 1. The first-order valence-corrected chi connectivity index (χ1v) is 4.91. The monoisotopic (exact) mass is 210 g/mol. The summed E-state index contributed by atoms with van der Waals surface area (Å²) in [6.07, 6.45) is 3.70. The first kappa shape index (κ1) is 9.49. The average Bonchev–Trinajstić information content (AvgIpc) is 2.62. The smallest absolute Gasteiger partial charge is 0.155 e. The Labute approximate surface area is 87.0 Å². The van der Waals surface area contributed by atoms with Crippen LogP contribution in [0.3, 0.4) is 0 Å². The molecule has 1 N–H and O–H groups in total. The fourth-order valence-corrected chi connectivity index (χ4v) is 1.66. The molecular formula is C10H11ClN2O. The minimum atomic E-state index is -0.483. The fourth-order valence-electron chi connectivity index (χ4n) is 1.45. The summed E-state index contributed by atoms with van der Waals surface area (Å²) in [6.45, 7) is 1.93. The summed E-state index contributed by atoms with van der Waals surface area (Å²) in [6, 6.07) is 3.62. The first-order valence-electron chi connectivity index (χ1n) is 4.53. The lowest BCUT2D eigenvalue weighted by atomic mass is 10.2. The lowest BCUT2D eigenvalue weighted by Crippen LogP contribution is -1.99. The van der Waals surface area contributed by atoms with Gasteiger partial charge >= 0.3 is 0 Å². The molecule has 2 aromatic heterocycles. The summed E-state index contributed by atoms with van der Waals surface area (Å²) >= 11 is 5.95. The summed E-state index contributed by atoms with van der Waals surface area (Å²) in [5.41, 5.74) is 1.47. The Morgan fingerprint density at radius 2 is 2.43 bits per heavy atom. The molecule has 0 fully saturated rings. The quantitative estimate of drug-likeness (QED) is 0.827. The number of nitrogens with zero attached hydrogens (tertiary/aromatic N) is 2. The second-order valence-corrected chi connectivity index (χ2v) is 3.56. The van der Waals surface area contributed by atoms with Crippen molar-refractivity contribution in [3.8, 4) is 0 Å². The molecule has 0 saturated carbocycles. The zero-order chi connectivity index (χ0) is 10.1. The van der Waals surface area contributed by atoms with Gasteiger partial charge in [-0.25, -0.2) is 4.98 Å². The van der Waals surface area contributed by atoms with Crippen LogP contribution in [0.4, 0.5) is 0 Å². The Morgan fingerprint density at radius 3 is 3.14 bits per heavy atom. The largest absolute Gasteiger partial charge is 0.387 e. The van der Waals surface area contributed by atoms with Gasteiger partial charge in [-0.15, -0.1) is 0 Å². The number of aromatic nitrogens is 2. The van der Waals surface area contributed by atoms with Crippen LogP contribution in [0, 0.1) is 0 Å². The summed E-state index contributed by atoms with van der Waals surface area (Å²) < 4.78 is 1.82. The number of hydrogen-bond acceptors (Lipinski definition) is 2. The van der Waals surface area contributed by atoms with Crippen LogP contribution < -0.4 is 0 Å². The number of pyridine rings is 1. The highest BCUT2D eigenvalue weighted by Gasteiger charge is 2.11. The van der Waals surface area contributed by atoms with Crippen LogP contribution >= 0.6 is 11.6 Å². The first-order chi connectivity index (χ1) is 6.74. The van der Waals surface area contributed by atoms with E-state index in [0.717, 1.165) is 5.69 Å². The van der Waals surface area contributed by atoms with Gasteiger partial charge < -0.3 is 9.51 Å². The maximum Gasteiger partial charge on any atom is 0.155 e. The molecule has 0 aromatic carbocycles. The number of aliphatic hydroxyl groups is 1. The van der Waals surface area contributed by atoms with Gasteiger partial charge in [0.1, 0.15) is 0 Å². The lowest BCUT2D eigenvalue weighted by Gasteiger charge is -2.06. The molecule has 0 bridgehead atoms. The minimum Gasteiger partial charge on any atom is -0.387 e. The van der Waals surface area contributed by atoms with Gasteiger partial charge in [0.2, 0.25) is 0 Å². The van der Waals surface area contributed by atoms with E-state index in [0.29, 0.717) is 17.1 Å². The van der Waals surface area contributed by atoms with Gasteiger partial charge in [-0.05, 0) is 18.6 Å². The van der Waals surface area contributed by atoms with Crippen molar-refractivity contribution in [1.29, 1.82) is 0 Å². The third-order valence-electron chi connectivity index (χ3n) is 2.24. The van der Waals surface area contributed by atoms with Gasteiger partial charge in [0.25, 0.3) is 0 Å². The van der Waals surface area contributed by atoms with Crippen molar-refractivity contribution < 1.29 is 5.11 Å². The van der Waals surface area contributed by atoms with Gasteiger partial charge in [-0.3, -0.25) is 0 Å². The normalized spacial score (nSPS) is 13.4. The van der Waals surface area contributed by atoms with Crippen molar-refractivity contribution in [2.24, 2.45) is 0 Å². The number of halogens is 1. The molecule has 0 aliphatic heterocycles. The van der Waals surface area contributed by atoms with Crippen LogP contribution in [0.1, 0.15) is 25.1 Å². The van der Waals surface area contributed by atoms with Gasteiger partial charge in [0.15, 0.2) is 5.65 Å². The van der Waals surface area contributed by atoms with Crippen LogP contribution in [0.2, 0.25) is 5.02 Å². The summed E-state index contributed by atoms with van der Waals surface area (Å²) in [5.74, 6) is 0. The number of imidazole rings is 1. The summed E-state index contributed by atoms with van der Waals surface area (Å²) in [7, 11) is 0. The maximum absolute atomic E-state index is 9.70. The van der Waals surface area contributed by atoms with E-state index in [-0.39, 0.29) is 0 Å². The molecule has 4 heteroatoms. The van der Waals surface area contributed by atoms with Gasteiger partial charge in [0, 0.05) is 6.20 Å². The molecular weight excluding hydrogens is 200 g/mol. The van der Waals surface area contributed by atoms with Crippen molar-refractivity contribution in [3.05, 3.63) is 35.2 Å². The second-order valence-electron chi connectivity index (χ2n) is 3.16. The third-order valence-corrected chi connectivity index (χ3v) is 2.54. The van der Waals surface area contributed by atoms with E-state index in [1.165, 1.54) is 0 Å². The van der Waals surface area contributed by atoms with E-state index in [1.54, 1.807) is 12.3 Å². The molecule has 1 atom stereocenters. The molecule has 0 amide bonds. The standard InChI is InChI=1S/C10H11ClN2O/c1-2-9(14)8-6-12-10-7(11)4-3-5-13(8)10/h3-6,9,14H,2H2,1H3. The Hall–Kier alpha value is -1.06. The molecule has 3 nitrogen and oxygen atoms in total. The molecule has 2 heterocycles. The maximum atomic E-state index is 9.70. The molecule has 0 radical (unpaired) electrons. The van der Waals surface area contributed by atoms with Gasteiger partial charge in [-0.2, -0.15) is 0 Å². The predicted octanol–water partition coefficient (Wildman–Crippen LogP) is 2.43. The SMILES string of the molecule is CCC(O)c1cnc2c(Cl)cccn12. The zero-order valence-electron chi connectivity index (χ0n) is 7.81. The highest BCUT2D eigenvalue weighted by atomic mass is 35.5. The summed E-state index contributed by atoms with van der Waals surface area (Å²) in [5, 5.41) is 10.3. The molecule has 2 rings (SSSR count). The van der Waals surface area contributed by atoms with Crippen LogP contribution in [0.15, 0.2) is 24.5 Å². The van der Waals surface area contributed by atoms with E-state index in [9.17, 15) is 5.11 Å². The van der Waals surface area contributed by atoms with Crippen molar-refractivity contribution in [1.82, 2.24) is 9.38 Å². The number of fused-ring (bicyclic) bond motifs is 1. The highest BCUT2D eigenvalue weighted by Crippen LogP contribution is 2.21. The second kappa shape index (κ2) is 3.59. The van der Waals surface area contributed by atoms with Crippen molar-refractivity contribution in [2.75, 3.05) is 0 Å². The van der Waals surface area contributed by atoms with E-state index < -0.39 is 6.10 Å². The van der Waals surface area contributed by atoms with Crippen LogP contribution in [-0.4, -0.2) is 14.5 Å². The molecule has 1 unspecified atom stereocenters. The van der Waals surface area contributed by atoms with Crippen LogP contribution in [-0.2, 0) is 0 Å². The highest BCUT2D eigenvalue weighted by molar-refractivity contribution is 6.33. The van der Waals surface area contributed by atoms with Gasteiger partial charge in [-0.1, -0.05) is 18.5 Å². The molecule has 74 valence electrons. The minimum absolute atomic E-state index is 0.483. The summed E-state index contributed by atoms with van der Waals surface area (Å²) in [4.78, 5) is 4.16. The van der Waals surface area contributed by atoms with Crippen molar-refractivity contribution >= 4 is 17.2 Å². The predicted molar refractivity (Wildman–Crippen MR) is 55.5 cm³/mol. The van der Waals surface area contributed by atoms with E-state index in [2.05, 4.69) is 4.98 Å². The van der Waals surface area contributed by atoms with E-state index >= 15 is 0 Å². The van der Waals surface area contributed by atoms with E-state index in [4.69, 9.17) is 11.6 Å².